The predicted octanol–water partition coefficient (Wildman–Crippen LogP) is -40.4. The van der Waals surface area contributed by atoms with Crippen molar-refractivity contribution in [3.63, 3.8) is 0 Å². The number of carboxylic acid groups (broad SMARTS) is 8. The summed E-state index contributed by atoms with van der Waals surface area (Å²) in [5.74, 6) is -27.4. The van der Waals surface area contributed by atoms with Crippen molar-refractivity contribution in [3.05, 3.63) is 0 Å². The first kappa shape index (κ1) is 147. The zero-order valence-electron chi connectivity index (χ0n) is 82.5. The van der Waals surface area contributed by atoms with Gasteiger partial charge in [0.15, 0.2) is 50.3 Å². The maximum absolute atomic E-state index is 12.4. The van der Waals surface area contributed by atoms with Gasteiger partial charge in [-0.1, -0.05) is 55.4 Å². The van der Waals surface area contributed by atoms with E-state index >= 15 is 0 Å². The topological polar surface area (TPSA) is 792 Å². The molecule has 0 aliphatic carbocycles. The van der Waals surface area contributed by atoms with Crippen molar-refractivity contribution < 1.29 is 473 Å². The largest absolute Gasteiger partial charge is 1.00 e. The van der Waals surface area contributed by atoms with Gasteiger partial charge in [0.25, 0.3) is 0 Å². The van der Waals surface area contributed by atoms with Gasteiger partial charge in [-0.05, 0) is 0 Å². The smallest absolute Gasteiger partial charge is 0.550 e. The van der Waals surface area contributed by atoms with Gasteiger partial charge in [0.05, 0.1) is 48.8 Å². The van der Waals surface area contributed by atoms with E-state index in [-0.39, 0.29) is 282 Å². The van der Waals surface area contributed by atoms with Crippen LogP contribution >= 0.6 is 94.1 Å². The second-order valence-corrected chi connectivity index (χ2v) is 43.7. The molecule has 0 spiro atoms. The summed E-state index contributed by atoms with van der Waals surface area (Å²) >= 11 is 6.62. The Bertz CT molecular complexity index is 3130. The number of hydrogen-bond donors (Lipinski definition) is 16. The average molecular weight is 2290 g/mol. The minimum atomic E-state index is -2.38. The Labute approximate surface area is 1040 Å². The van der Waals surface area contributed by atoms with Gasteiger partial charge in [-0.15, -0.1) is 0 Å². The molecule has 30 aliphatic rings. The van der Waals surface area contributed by atoms with Crippen molar-refractivity contribution in [2.24, 2.45) is 47.3 Å². The summed E-state index contributed by atoms with van der Waals surface area (Å²) < 4.78 is 101. The van der Waals surface area contributed by atoms with E-state index in [2.05, 4.69) is 0 Å². The summed E-state index contributed by atoms with van der Waals surface area (Å²) in [6.45, 7) is 10.2. The van der Waals surface area contributed by atoms with E-state index in [0.29, 0.717) is 0 Å². The first-order valence-electron chi connectivity index (χ1n) is 43.7. The fraction of sp³-hybridized carbons (Fsp3) is 0.900. The number of hydrogen-bond acceptors (Lipinski definition) is 56. The molecule has 16 N–H and O–H groups in total. The number of carbonyl (C=O) groups excluding carboxylic acids is 8. The molecule has 30 fully saturated rings. The van der Waals surface area contributed by atoms with E-state index in [9.17, 15) is 161 Å². The number of aliphatic hydroxyl groups excluding tert-OH is 16. The van der Waals surface area contributed by atoms with Crippen molar-refractivity contribution in [3.8, 4) is 0 Å². The zero-order valence-corrected chi connectivity index (χ0v) is 105. The first-order chi connectivity index (χ1) is 64.0. The minimum Gasteiger partial charge on any atom is -0.550 e. The summed E-state index contributed by atoms with van der Waals surface area (Å²) in [6.07, 6.45) is -84.8. The molecule has 16 bridgehead atoms. The van der Waals surface area contributed by atoms with Crippen LogP contribution in [0.2, 0.25) is 0 Å². The Balaban J connectivity index is 0.0000130. The van der Waals surface area contributed by atoms with Crippen LogP contribution in [0.25, 0.3) is 0 Å². The van der Waals surface area contributed by atoms with Crippen LogP contribution in [-0.2, 0) is 114 Å². The van der Waals surface area contributed by atoms with Crippen molar-refractivity contribution in [1.29, 1.82) is 0 Å². The summed E-state index contributed by atoms with van der Waals surface area (Å²) in [7, 11) is 0. The standard InChI is InChI=1S/C80H128O48S8.8Na/c1-25(65(97)98)9-129-17-33-57-41(81)49(89)73(113-33)122-58-34(18-130-10-26(2)66(99)100)115-75(51(91)43(58)83)124-60-36(20-132-12-28(4)68(103)104)117-77(53(93)45(60)85)126-62-38(22-134-14-30(6)70(107)108)119-79(55(95)47(62)87)128-64-40(24-136-16-32(8)72(111)112)120-80(56(96)48(64)88)127-63-39(23-135-15-31(7)71(109)110)118-78(54(94)46(63)86)125-61-37(21-133-13-29(5)69(105)106)116-76(52(92)44(61)84)123-59-35(19-131-11-27(3)67(101)102)114-74(121-57)50(90)42(59)82;;;;;;;;/h25-64,73-96H,9-24H2,1-8H3,(H,97,98)(H,99,100)(H,101,102)(H,103,104)(H,105,106)(H,107,108)(H,109,110)(H,111,112);;;;;;;;/q;8*+1/p-8/t25?,26?,27?,28?,29?,30?,31?,32?,33-,34-,35-,36-,37-,38-,39-,40-,41-,42-,43-,44-,45-,46-,47-,48-,49-,50-,51-,52-,53-,54-,55-,56-,57-,58-,59-,60-,61-,62-,63-,64-,73-,74-,75-,76-,77-,78-,79-,80-;;;;;;;;/m1......../s1. The van der Waals surface area contributed by atoms with Gasteiger partial charge in [0.2, 0.25) is 0 Å². The molecule has 64 heteroatoms. The van der Waals surface area contributed by atoms with Crippen LogP contribution in [-0.4, -0.2) is 467 Å². The number of aliphatic carboxylic acids is 8. The van der Waals surface area contributed by atoms with E-state index in [1.165, 1.54) is 55.4 Å². The SMILES string of the molecule is CC(CSC[C@H]1O[C@@H]2O[C@H]3[C@H](O)[C@@H](O)[C@@H](O[C@H]4[C@H](O)[C@@H](O)[C@@H](O[C@H]5[C@H](O)[C@@H](O)[C@@H](O[C@H]6[C@H](O)[C@@H](O)[C@@H](O[C@H]7[C@H](O)[C@@H](O)[C@@H](O[C@H]8[C@H](O)[C@@H](O)[C@@H](O[C@H]9[C@H](O)[C@@H](O)[C@@H](O[C@H]1[C@H](O)[C@H]2O)O[C@@H]9CSCC(C)C(=O)[O-])O[C@@H]8CSCC(C)C(=O)[O-])O[C@@H]7CSCC(C)C(=O)[O-])O[C@@H]6CSCC(C)C(=O)[O-])O[C@@H]5CSCC(C)C(=O)[O-])O[C@@H]4CSCC(C)C(=O)[O-])O[C@@H]3CSCC(C)C(=O)[O-])C(=O)[O-].[Na+].[Na+].[Na+].[Na+].[Na+].[Na+].[Na+].[Na+]. The van der Waals surface area contributed by atoms with Crippen LogP contribution in [0, 0.1) is 47.3 Å². The number of thioether (sulfide) groups is 8. The van der Waals surface area contributed by atoms with E-state index in [0.717, 1.165) is 94.1 Å². The molecule has 0 radical (unpaired) electrons. The average Bonchev–Trinajstić information content (AvgIpc) is 0.770. The summed E-state index contributed by atoms with van der Waals surface area (Å²) in [6, 6.07) is 0. The molecule has 0 aromatic rings. The van der Waals surface area contributed by atoms with Crippen molar-refractivity contribution in [1.82, 2.24) is 0 Å². The molecule has 48 nitrogen and oxygen atoms in total. The molecule has 8 unspecified atom stereocenters. The third kappa shape index (κ3) is 41.0. The van der Waals surface area contributed by atoms with E-state index < -0.39 is 387 Å². The molecule has 30 rings (SSSR count). The molecule has 784 valence electrons. The second-order valence-electron chi connectivity index (χ2n) is 35.1. The maximum Gasteiger partial charge on any atom is 1.00 e. The van der Waals surface area contributed by atoms with Gasteiger partial charge in [-0.3, -0.25) is 0 Å². The number of carboxylic acids is 8. The van der Waals surface area contributed by atoms with Crippen LogP contribution in [0.4, 0.5) is 0 Å². The van der Waals surface area contributed by atoms with Gasteiger partial charge < -0.3 is 237 Å². The third-order valence-corrected chi connectivity index (χ3v) is 34.3. The molecule has 30 heterocycles. The normalized spacial score (nSPS) is 39.4. The molecule has 48 atom stereocenters. The number of aliphatic hydroxyl groups is 16. The Hall–Kier alpha value is 5.28. The van der Waals surface area contributed by atoms with Crippen LogP contribution in [0.15, 0.2) is 0 Å². The maximum atomic E-state index is 12.4. The van der Waals surface area contributed by atoms with Gasteiger partial charge in [-0.25, -0.2) is 0 Å². The quantitative estimate of drug-likeness (QED) is 0.0253. The van der Waals surface area contributed by atoms with E-state index in [4.69, 9.17) is 75.8 Å². The van der Waals surface area contributed by atoms with Gasteiger partial charge in [0.1, 0.15) is 146 Å². The van der Waals surface area contributed by atoms with Crippen LogP contribution in [0.5, 0.6) is 0 Å². The number of rotatable bonds is 40. The number of carbonyl (C=O) groups is 8. The molecular formula is C80H120Na8O48S8. The Morgan fingerprint density at radius 3 is 0.333 bits per heavy atom. The Morgan fingerprint density at radius 2 is 0.257 bits per heavy atom. The van der Waals surface area contributed by atoms with E-state index in [1.54, 1.807) is 0 Å². The van der Waals surface area contributed by atoms with Crippen LogP contribution < -0.4 is 277 Å². The monoisotopic (exact) mass is 2290 g/mol. The van der Waals surface area contributed by atoms with Gasteiger partial charge in [-0.2, -0.15) is 94.1 Å². The van der Waals surface area contributed by atoms with Crippen LogP contribution in [0.1, 0.15) is 55.4 Å². The molecule has 0 amide bonds. The summed E-state index contributed by atoms with van der Waals surface area (Å²) in [5, 5.41) is 294. The molecular weight excluding hydrogens is 2170 g/mol. The van der Waals surface area contributed by atoms with Crippen molar-refractivity contribution in [2.45, 2.75) is 301 Å². The van der Waals surface area contributed by atoms with Gasteiger partial charge in [0, 0.05) is 187 Å². The molecule has 0 saturated carbocycles. The molecule has 0 aromatic heterocycles. The van der Waals surface area contributed by atoms with Crippen molar-refractivity contribution in [2.75, 3.05) is 92.0 Å². The molecule has 0 aromatic carbocycles. The van der Waals surface area contributed by atoms with E-state index in [1.807, 2.05) is 0 Å². The number of ether oxygens (including phenoxy) is 16. The van der Waals surface area contributed by atoms with Gasteiger partial charge >= 0.3 is 236 Å². The molecule has 144 heavy (non-hydrogen) atoms. The summed E-state index contributed by atoms with van der Waals surface area (Å²) in [4.78, 5) is 96.6. The predicted molar refractivity (Wildman–Crippen MR) is 456 cm³/mol. The molecule has 30 saturated heterocycles. The molecule has 30 aliphatic heterocycles. The minimum absolute atomic E-state index is 0. The van der Waals surface area contributed by atoms with Crippen LogP contribution in [0.3, 0.4) is 0 Å². The zero-order chi connectivity index (χ0) is 101. The second kappa shape index (κ2) is 70.7. The first-order valence-corrected chi connectivity index (χ1v) is 52.9. The Morgan fingerprint density at radius 1 is 0.174 bits per heavy atom. The summed E-state index contributed by atoms with van der Waals surface area (Å²) in [5.41, 5.74) is 0. The fourth-order valence-electron chi connectivity index (χ4n) is 15.2. The third-order valence-electron chi connectivity index (χ3n) is 23.9. The Kier molecular flexibility index (Phi) is 72.3. The van der Waals surface area contributed by atoms with Crippen molar-refractivity contribution >= 4 is 142 Å². The fourth-order valence-corrected chi connectivity index (χ4v) is 24.2.